The maximum Gasteiger partial charge on any atom is 0.344 e. The van der Waals surface area contributed by atoms with Crippen LogP contribution in [0.15, 0.2) is 54.6 Å². The van der Waals surface area contributed by atoms with Gasteiger partial charge in [0.25, 0.3) is 11.8 Å². The van der Waals surface area contributed by atoms with Crippen LogP contribution in [0.4, 0.5) is 9.18 Å². The van der Waals surface area contributed by atoms with Gasteiger partial charge in [-0.2, -0.15) is 5.01 Å². The van der Waals surface area contributed by atoms with E-state index in [0.717, 1.165) is 12.1 Å². The number of amides is 4. The molecule has 4 amide bonds. The van der Waals surface area contributed by atoms with Gasteiger partial charge < -0.3 is 5.32 Å². The van der Waals surface area contributed by atoms with Gasteiger partial charge in [-0.1, -0.05) is 30.3 Å². The summed E-state index contributed by atoms with van der Waals surface area (Å²) < 4.78 is 12.9. The summed E-state index contributed by atoms with van der Waals surface area (Å²) in [6, 6.07) is 12.7. The fourth-order valence-electron chi connectivity index (χ4n) is 2.48. The molecular weight excluding hydrogens is 313 g/mol. The van der Waals surface area contributed by atoms with E-state index in [4.69, 9.17) is 0 Å². The Balaban J connectivity index is 1.82. The predicted molar refractivity (Wildman–Crippen MR) is 83.0 cm³/mol. The van der Waals surface area contributed by atoms with E-state index in [2.05, 4.69) is 10.7 Å². The Hall–Kier alpha value is -3.22. The van der Waals surface area contributed by atoms with Gasteiger partial charge in [-0.15, -0.1) is 0 Å². The standard InChI is InChI=1S/C17H14FN3O3/c1-17(12-5-3-2-4-6-12)15(23)21(16(24)19-17)20-14(22)11-7-9-13(18)10-8-11/h2-10H,1H3,(H,19,24)(H,20,22). The first-order valence-electron chi connectivity index (χ1n) is 7.20. The zero-order valence-electron chi connectivity index (χ0n) is 12.7. The Morgan fingerprint density at radius 2 is 1.71 bits per heavy atom. The number of hydrogen-bond donors (Lipinski definition) is 2. The van der Waals surface area contributed by atoms with E-state index >= 15 is 0 Å². The van der Waals surface area contributed by atoms with E-state index in [-0.39, 0.29) is 5.56 Å². The van der Waals surface area contributed by atoms with Crippen molar-refractivity contribution in [2.45, 2.75) is 12.5 Å². The van der Waals surface area contributed by atoms with Crippen molar-refractivity contribution in [3.8, 4) is 0 Å². The van der Waals surface area contributed by atoms with Crippen molar-refractivity contribution in [1.82, 2.24) is 15.8 Å². The zero-order valence-corrected chi connectivity index (χ0v) is 12.7. The number of nitrogens with one attached hydrogen (secondary N) is 2. The van der Waals surface area contributed by atoms with Crippen LogP contribution in [0.5, 0.6) is 0 Å². The molecule has 0 aliphatic carbocycles. The number of urea groups is 1. The first kappa shape index (κ1) is 15.7. The van der Waals surface area contributed by atoms with Crippen LogP contribution in [0.2, 0.25) is 0 Å². The minimum absolute atomic E-state index is 0.130. The molecule has 2 N–H and O–H groups in total. The van der Waals surface area contributed by atoms with Gasteiger partial charge in [-0.25, -0.2) is 9.18 Å². The summed E-state index contributed by atoms with van der Waals surface area (Å²) >= 11 is 0. The van der Waals surface area contributed by atoms with E-state index in [9.17, 15) is 18.8 Å². The fraction of sp³-hybridized carbons (Fsp3) is 0.118. The normalized spacial score (nSPS) is 20.0. The second-order valence-electron chi connectivity index (χ2n) is 5.51. The van der Waals surface area contributed by atoms with Gasteiger partial charge in [0.15, 0.2) is 0 Å². The highest BCUT2D eigenvalue weighted by atomic mass is 19.1. The number of carbonyl (C=O) groups is 3. The zero-order chi connectivity index (χ0) is 17.3. The van der Waals surface area contributed by atoms with E-state index < -0.39 is 29.2 Å². The quantitative estimate of drug-likeness (QED) is 0.846. The lowest BCUT2D eigenvalue weighted by molar-refractivity contribution is -0.132. The largest absolute Gasteiger partial charge is 0.344 e. The number of halogens is 1. The Labute approximate surface area is 137 Å². The lowest BCUT2D eigenvalue weighted by atomic mass is 9.92. The molecule has 1 heterocycles. The van der Waals surface area contributed by atoms with E-state index in [0.29, 0.717) is 10.6 Å². The first-order valence-corrected chi connectivity index (χ1v) is 7.20. The average molecular weight is 327 g/mol. The number of hydrogen-bond acceptors (Lipinski definition) is 3. The summed E-state index contributed by atoms with van der Waals surface area (Å²) in [7, 11) is 0. The summed E-state index contributed by atoms with van der Waals surface area (Å²) in [6.45, 7) is 1.56. The highest BCUT2D eigenvalue weighted by Gasteiger charge is 2.49. The molecule has 1 fully saturated rings. The van der Waals surface area contributed by atoms with Crippen LogP contribution in [0.25, 0.3) is 0 Å². The minimum atomic E-state index is -1.27. The molecular formula is C17H14FN3O3. The summed E-state index contributed by atoms with van der Waals surface area (Å²) in [5.74, 6) is -1.77. The lowest BCUT2D eigenvalue weighted by Crippen LogP contribution is -2.47. The summed E-state index contributed by atoms with van der Waals surface area (Å²) in [4.78, 5) is 36.9. The van der Waals surface area contributed by atoms with Crippen molar-refractivity contribution in [3.63, 3.8) is 0 Å². The van der Waals surface area contributed by atoms with Crippen LogP contribution in [-0.2, 0) is 10.3 Å². The van der Waals surface area contributed by atoms with E-state index in [1.54, 1.807) is 37.3 Å². The minimum Gasteiger partial charge on any atom is -0.318 e. The monoisotopic (exact) mass is 327 g/mol. The predicted octanol–water partition coefficient (Wildman–Crippen LogP) is 1.94. The molecule has 122 valence electrons. The van der Waals surface area contributed by atoms with Crippen molar-refractivity contribution in [1.29, 1.82) is 0 Å². The van der Waals surface area contributed by atoms with Crippen LogP contribution < -0.4 is 10.7 Å². The summed E-state index contributed by atoms with van der Waals surface area (Å²) in [5.41, 5.74) is 1.71. The smallest absolute Gasteiger partial charge is 0.318 e. The van der Waals surface area contributed by atoms with Crippen molar-refractivity contribution in [2.24, 2.45) is 0 Å². The number of rotatable bonds is 3. The number of hydrazine groups is 1. The topological polar surface area (TPSA) is 78.5 Å². The Morgan fingerprint density at radius 3 is 2.33 bits per heavy atom. The van der Waals surface area contributed by atoms with Crippen LogP contribution >= 0.6 is 0 Å². The molecule has 1 atom stereocenters. The molecule has 24 heavy (non-hydrogen) atoms. The maximum atomic E-state index is 12.9. The Bertz CT molecular complexity index is 808. The molecule has 0 saturated carbocycles. The number of benzene rings is 2. The number of carbonyl (C=O) groups excluding carboxylic acids is 3. The second-order valence-corrected chi connectivity index (χ2v) is 5.51. The first-order chi connectivity index (χ1) is 11.4. The summed E-state index contributed by atoms with van der Waals surface area (Å²) in [6.07, 6.45) is 0. The molecule has 0 radical (unpaired) electrons. The Morgan fingerprint density at radius 1 is 1.08 bits per heavy atom. The molecule has 0 aromatic heterocycles. The van der Waals surface area contributed by atoms with Crippen LogP contribution in [0, 0.1) is 5.82 Å². The van der Waals surface area contributed by atoms with Crippen molar-refractivity contribution >= 4 is 17.8 Å². The van der Waals surface area contributed by atoms with Gasteiger partial charge in [0, 0.05) is 5.56 Å². The Kier molecular flexibility index (Phi) is 3.76. The number of imide groups is 1. The van der Waals surface area contributed by atoms with E-state index in [1.165, 1.54) is 12.1 Å². The molecule has 1 unspecified atom stereocenters. The molecule has 1 aliphatic rings. The molecule has 1 saturated heterocycles. The lowest BCUT2D eigenvalue weighted by Gasteiger charge is -2.22. The molecule has 3 rings (SSSR count). The van der Waals surface area contributed by atoms with Crippen LogP contribution in [-0.4, -0.2) is 22.9 Å². The highest BCUT2D eigenvalue weighted by molar-refractivity contribution is 6.09. The third kappa shape index (κ3) is 2.60. The molecule has 7 heteroatoms. The SMILES string of the molecule is CC1(c2ccccc2)NC(=O)N(NC(=O)c2ccc(F)cc2)C1=O. The second kappa shape index (κ2) is 5.77. The highest BCUT2D eigenvalue weighted by Crippen LogP contribution is 2.27. The third-order valence-electron chi connectivity index (χ3n) is 3.86. The van der Waals surface area contributed by atoms with Gasteiger partial charge in [0.2, 0.25) is 0 Å². The van der Waals surface area contributed by atoms with Gasteiger partial charge in [-0.05, 0) is 36.8 Å². The van der Waals surface area contributed by atoms with Crippen LogP contribution in [0.1, 0.15) is 22.8 Å². The van der Waals surface area contributed by atoms with E-state index in [1.807, 2.05) is 0 Å². The van der Waals surface area contributed by atoms with Crippen LogP contribution in [0.3, 0.4) is 0 Å². The van der Waals surface area contributed by atoms with Crippen molar-refractivity contribution < 1.29 is 18.8 Å². The summed E-state index contributed by atoms with van der Waals surface area (Å²) in [5, 5.41) is 3.21. The van der Waals surface area contributed by atoms with Gasteiger partial charge in [-0.3, -0.25) is 15.0 Å². The molecule has 2 aromatic carbocycles. The molecule has 2 aromatic rings. The number of nitrogens with zero attached hydrogens (tertiary/aromatic N) is 1. The maximum absolute atomic E-state index is 12.9. The van der Waals surface area contributed by atoms with Crippen molar-refractivity contribution in [2.75, 3.05) is 0 Å². The van der Waals surface area contributed by atoms with Gasteiger partial charge in [0.1, 0.15) is 11.4 Å². The average Bonchev–Trinajstić information content (AvgIpc) is 2.80. The molecule has 6 nitrogen and oxygen atoms in total. The van der Waals surface area contributed by atoms with Gasteiger partial charge >= 0.3 is 6.03 Å². The molecule has 0 bridgehead atoms. The molecule has 0 spiro atoms. The van der Waals surface area contributed by atoms with Crippen molar-refractivity contribution in [3.05, 3.63) is 71.5 Å². The van der Waals surface area contributed by atoms with Gasteiger partial charge in [0.05, 0.1) is 0 Å². The fourth-order valence-corrected chi connectivity index (χ4v) is 2.48. The molecule has 1 aliphatic heterocycles. The third-order valence-corrected chi connectivity index (χ3v) is 3.86.